The summed E-state index contributed by atoms with van der Waals surface area (Å²) in [6.07, 6.45) is -4.45. The number of rotatable bonds is 3. The summed E-state index contributed by atoms with van der Waals surface area (Å²) in [4.78, 5) is 0. The van der Waals surface area contributed by atoms with Crippen LogP contribution in [-0.2, 0) is 6.18 Å². The van der Waals surface area contributed by atoms with Crippen molar-refractivity contribution in [2.24, 2.45) is 5.92 Å². The molecule has 0 fully saturated rings. The molecule has 0 aliphatic rings. The van der Waals surface area contributed by atoms with Gasteiger partial charge in [-0.25, -0.2) is 0 Å². The highest BCUT2D eigenvalue weighted by atomic mass is 35.5. The van der Waals surface area contributed by atoms with Crippen LogP contribution in [0.1, 0.15) is 19.4 Å². The fourth-order valence-electron chi connectivity index (χ4n) is 1.11. The van der Waals surface area contributed by atoms with Crippen molar-refractivity contribution < 1.29 is 17.9 Å². The molecule has 1 nitrogen and oxygen atoms in total. The minimum absolute atomic E-state index is 0.0456. The van der Waals surface area contributed by atoms with Gasteiger partial charge < -0.3 is 4.74 Å². The van der Waals surface area contributed by atoms with Gasteiger partial charge in [0.05, 0.1) is 12.2 Å². The molecular formula is C11H12ClF3O. The van der Waals surface area contributed by atoms with Gasteiger partial charge in [0.25, 0.3) is 0 Å². The van der Waals surface area contributed by atoms with Crippen LogP contribution in [0.4, 0.5) is 13.2 Å². The maximum atomic E-state index is 12.6. The summed E-state index contributed by atoms with van der Waals surface area (Å²) in [7, 11) is 0. The second-order valence-corrected chi connectivity index (χ2v) is 4.28. The average Bonchev–Trinajstić information content (AvgIpc) is 2.14. The molecule has 1 rings (SSSR count). The van der Waals surface area contributed by atoms with Crippen molar-refractivity contribution in [3.63, 3.8) is 0 Å². The number of ether oxygens (including phenoxy) is 1. The third-order valence-corrected chi connectivity index (χ3v) is 2.05. The number of hydrogen-bond donors (Lipinski definition) is 0. The summed E-state index contributed by atoms with van der Waals surface area (Å²) in [6.45, 7) is 3.97. The Kier molecular flexibility index (Phi) is 4.08. The largest absolute Gasteiger partial charge is 0.493 e. The fourth-order valence-corrected chi connectivity index (χ4v) is 1.28. The van der Waals surface area contributed by atoms with E-state index < -0.39 is 11.7 Å². The third kappa shape index (κ3) is 3.59. The van der Waals surface area contributed by atoms with Crippen molar-refractivity contribution in [3.8, 4) is 5.75 Å². The number of halogens is 4. The van der Waals surface area contributed by atoms with Crippen LogP contribution >= 0.6 is 11.6 Å². The molecule has 90 valence electrons. The van der Waals surface area contributed by atoms with Crippen LogP contribution in [-0.4, -0.2) is 6.61 Å². The molecule has 1 aromatic rings. The first-order valence-corrected chi connectivity index (χ1v) is 5.18. The van der Waals surface area contributed by atoms with Gasteiger partial charge in [-0.2, -0.15) is 13.2 Å². The lowest BCUT2D eigenvalue weighted by molar-refractivity contribution is -0.139. The van der Waals surface area contributed by atoms with Gasteiger partial charge in [-0.1, -0.05) is 25.4 Å². The van der Waals surface area contributed by atoms with E-state index in [1.807, 2.05) is 13.8 Å². The van der Waals surface area contributed by atoms with Crippen molar-refractivity contribution >= 4 is 11.6 Å². The van der Waals surface area contributed by atoms with E-state index >= 15 is 0 Å². The second kappa shape index (κ2) is 4.95. The van der Waals surface area contributed by atoms with Crippen LogP contribution in [0.15, 0.2) is 18.2 Å². The lowest BCUT2D eigenvalue weighted by Crippen LogP contribution is -2.11. The molecule has 0 radical (unpaired) electrons. The van der Waals surface area contributed by atoms with E-state index in [0.717, 1.165) is 6.07 Å². The van der Waals surface area contributed by atoms with E-state index in [0.29, 0.717) is 0 Å². The van der Waals surface area contributed by atoms with Crippen molar-refractivity contribution in [1.82, 2.24) is 0 Å². The standard InChI is InChI=1S/C11H12ClF3O/c1-7(2)6-16-10-4-3-8(12)5-9(10)11(13,14)15/h3-5,7H,6H2,1-2H3. The zero-order chi connectivity index (χ0) is 12.3. The van der Waals surface area contributed by atoms with Crippen LogP contribution in [0.2, 0.25) is 5.02 Å². The molecule has 16 heavy (non-hydrogen) atoms. The molecule has 0 amide bonds. The van der Waals surface area contributed by atoms with Gasteiger partial charge in [0.15, 0.2) is 0 Å². The summed E-state index contributed by atoms with van der Waals surface area (Å²) in [5, 5.41) is 0.0456. The predicted molar refractivity (Wildman–Crippen MR) is 56.8 cm³/mol. The summed E-state index contributed by atoms with van der Waals surface area (Å²) in [5.41, 5.74) is -0.833. The summed E-state index contributed by atoms with van der Waals surface area (Å²) >= 11 is 5.53. The molecule has 5 heteroatoms. The zero-order valence-corrected chi connectivity index (χ0v) is 9.69. The van der Waals surface area contributed by atoms with Crippen molar-refractivity contribution in [2.45, 2.75) is 20.0 Å². The molecule has 0 aromatic heterocycles. The van der Waals surface area contributed by atoms with Crippen LogP contribution < -0.4 is 4.74 Å². The first kappa shape index (κ1) is 13.2. The Hall–Kier alpha value is -0.900. The number of hydrogen-bond acceptors (Lipinski definition) is 1. The first-order chi connectivity index (χ1) is 7.30. The molecule has 0 unspecified atom stereocenters. The van der Waals surface area contributed by atoms with Gasteiger partial charge in [-0.3, -0.25) is 0 Å². The summed E-state index contributed by atoms with van der Waals surface area (Å²) in [6, 6.07) is 3.50. The van der Waals surface area contributed by atoms with E-state index in [2.05, 4.69) is 0 Å². The Morgan fingerprint density at radius 3 is 2.44 bits per heavy atom. The first-order valence-electron chi connectivity index (χ1n) is 4.80. The highest BCUT2D eigenvalue weighted by Crippen LogP contribution is 2.37. The van der Waals surface area contributed by atoms with E-state index in [1.54, 1.807) is 0 Å². The molecule has 0 aliphatic carbocycles. The number of benzene rings is 1. The predicted octanol–water partition coefficient (Wildman–Crippen LogP) is 4.39. The second-order valence-electron chi connectivity index (χ2n) is 3.84. The Bertz CT molecular complexity index is 361. The molecule has 0 atom stereocenters. The zero-order valence-electron chi connectivity index (χ0n) is 8.94. The Balaban J connectivity index is 2.99. The molecular weight excluding hydrogens is 241 g/mol. The molecule has 1 aromatic carbocycles. The van der Waals surface area contributed by atoms with E-state index in [9.17, 15) is 13.2 Å². The molecule has 0 bridgehead atoms. The Morgan fingerprint density at radius 1 is 1.31 bits per heavy atom. The lowest BCUT2D eigenvalue weighted by atomic mass is 10.2. The molecule has 0 spiro atoms. The van der Waals surface area contributed by atoms with Crippen LogP contribution in [0.25, 0.3) is 0 Å². The van der Waals surface area contributed by atoms with Gasteiger partial charge >= 0.3 is 6.18 Å². The highest BCUT2D eigenvalue weighted by Gasteiger charge is 2.34. The molecule has 0 saturated heterocycles. The van der Waals surface area contributed by atoms with Crippen LogP contribution in [0.3, 0.4) is 0 Å². The van der Waals surface area contributed by atoms with Crippen molar-refractivity contribution in [2.75, 3.05) is 6.61 Å². The quantitative estimate of drug-likeness (QED) is 0.775. The maximum absolute atomic E-state index is 12.6. The van der Waals surface area contributed by atoms with E-state index in [4.69, 9.17) is 16.3 Å². The smallest absolute Gasteiger partial charge is 0.420 e. The maximum Gasteiger partial charge on any atom is 0.420 e. The van der Waals surface area contributed by atoms with Crippen molar-refractivity contribution in [3.05, 3.63) is 28.8 Å². The third-order valence-electron chi connectivity index (χ3n) is 1.82. The van der Waals surface area contributed by atoms with Gasteiger partial charge in [-0.05, 0) is 24.1 Å². The minimum atomic E-state index is -4.45. The van der Waals surface area contributed by atoms with Gasteiger partial charge in [0.2, 0.25) is 0 Å². The van der Waals surface area contributed by atoms with Gasteiger partial charge in [0, 0.05) is 5.02 Å². The molecule has 0 N–H and O–H groups in total. The number of alkyl halides is 3. The topological polar surface area (TPSA) is 9.23 Å². The summed E-state index contributed by atoms with van der Waals surface area (Å²) < 4.78 is 42.9. The normalized spacial score (nSPS) is 11.9. The average molecular weight is 253 g/mol. The van der Waals surface area contributed by atoms with Gasteiger partial charge in [-0.15, -0.1) is 0 Å². The van der Waals surface area contributed by atoms with Crippen LogP contribution in [0.5, 0.6) is 5.75 Å². The molecule has 0 saturated carbocycles. The van der Waals surface area contributed by atoms with E-state index in [-0.39, 0.29) is 23.3 Å². The van der Waals surface area contributed by atoms with Crippen LogP contribution in [0, 0.1) is 5.92 Å². The fraction of sp³-hybridized carbons (Fsp3) is 0.455. The summed E-state index contributed by atoms with van der Waals surface area (Å²) in [5.74, 6) is -0.0117. The van der Waals surface area contributed by atoms with E-state index in [1.165, 1.54) is 12.1 Å². The Morgan fingerprint density at radius 2 is 1.94 bits per heavy atom. The monoisotopic (exact) mass is 252 g/mol. The van der Waals surface area contributed by atoms with Crippen molar-refractivity contribution in [1.29, 1.82) is 0 Å². The molecule has 0 heterocycles. The van der Waals surface area contributed by atoms with Gasteiger partial charge in [0.1, 0.15) is 5.75 Å². The minimum Gasteiger partial charge on any atom is -0.493 e. The Labute approximate surface area is 97.2 Å². The highest BCUT2D eigenvalue weighted by molar-refractivity contribution is 6.30. The molecule has 0 aliphatic heterocycles. The lowest BCUT2D eigenvalue weighted by Gasteiger charge is -2.15. The SMILES string of the molecule is CC(C)COc1ccc(Cl)cc1C(F)(F)F.